The normalized spacial score (nSPS) is 18.3. The number of anilines is 1. The second kappa shape index (κ2) is 7.56. The summed E-state index contributed by atoms with van der Waals surface area (Å²) in [5.41, 5.74) is 8.06. The van der Waals surface area contributed by atoms with E-state index in [-0.39, 0.29) is 12.2 Å². The van der Waals surface area contributed by atoms with E-state index in [0.717, 1.165) is 40.9 Å². The molecule has 2 aliphatic heterocycles. The van der Waals surface area contributed by atoms with Crippen molar-refractivity contribution in [2.75, 3.05) is 11.4 Å². The van der Waals surface area contributed by atoms with Gasteiger partial charge in [0.25, 0.3) is 5.91 Å². The zero-order valence-electron chi connectivity index (χ0n) is 15.9. The smallest absolute Gasteiger partial charge is 0.269 e. The Morgan fingerprint density at radius 3 is 2.96 bits per heavy atom. The van der Waals surface area contributed by atoms with E-state index in [1.165, 1.54) is 28.0 Å². The third-order valence-electron chi connectivity index (χ3n) is 4.99. The number of fused-ring (bicyclic) bond motifs is 3. The van der Waals surface area contributed by atoms with Gasteiger partial charge in [-0.25, -0.2) is 0 Å². The average Bonchev–Trinajstić information content (AvgIpc) is 3.29. The van der Waals surface area contributed by atoms with E-state index in [4.69, 9.17) is 0 Å². The molecule has 2 aliphatic rings. The summed E-state index contributed by atoms with van der Waals surface area (Å²) in [6.45, 7) is 7.16. The lowest BCUT2D eigenvalue weighted by Gasteiger charge is -2.39. The van der Waals surface area contributed by atoms with E-state index in [9.17, 15) is 4.79 Å². The van der Waals surface area contributed by atoms with Crippen molar-refractivity contribution >= 4 is 39.9 Å². The number of carbonyl (C=O) groups is 1. The maximum absolute atomic E-state index is 12.9. The van der Waals surface area contributed by atoms with Gasteiger partial charge in [-0.05, 0) is 42.8 Å². The molecule has 1 aromatic heterocycles. The van der Waals surface area contributed by atoms with Crippen LogP contribution < -0.4 is 10.3 Å². The van der Waals surface area contributed by atoms with Crippen molar-refractivity contribution in [2.24, 2.45) is 5.10 Å². The third kappa shape index (κ3) is 3.34. The molecule has 0 fully saturated rings. The van der Waals surface area contributed by atoms with E-state index in [1.54, 1.807) is 11.8 Å². The molecule has 7 heteroatoms. The van der Waals surface area contributed by atoms with Crippen LogP contribution in [-0.2, 0) is 5.75 Å². The van der Waals surface area contributed by atoms with Crippen molar-refractivity contribution in [1.82, 2.24) is 10.3 Å². The van der Waals surface area contributed by atoms with Gasteiger partial charge in [0.1, 0.15) is 4.88 Å². The van der Waals surface area contributed by atoms with Crippen LogP contribution in [0, 0.1) is 13.8 Å². The number of hydrogen-bond acceptors (Lipinski definition) is 6. The molecule has 1 amide bonds. The summed E-state index contributed by atoms with van der Waals surface area (Å²) in [5, 5.41) is 7.50. The molecule has 1 N–H and O–H groups in total. The zero-order chi connectivity index (χ0) is 19.0. The third-order valence-corrected chi connectivity index (χ3v) is 6.89. The summed E-state index contributed by atoms with van der Waals surface area (Å²) in [6, 6.07) is 8.59. The Labute approximate surface area is 168 Å². The van der Waals surface area contributed by atoms with Crippen molar-refractivity contribution in [2.45, 2.75) is 45.7 Å². The highest BCUT2D eigenvalue weighted by Crippen LogP contribution is 2.38. The van der Waals surface area contributed by atoms with Crippen molar-refractivity contribution < 1.29 is 4.79 Å². The van der Waals surface area contributed by atoms with Crippen LogP contribution in [0.1, 0.15) is 46.1 Å². The Balaban J connectivity index is 1.57. The number of nitrogens with zero attached hydrogens (tertiary/aromatic N) is 3. The second-order valence-electron chi connectivity index (χ2n) is 6.97. The molecule has 0 saturated carbocycles. The number of unbranched alkanes of at least 4 members (excludes halogenated alkanes) is 1. The minimum atomic E-state index is -0.216. The number of hydrogen-bond donors (Lipinski definition) is 1. The number of amides is 1. The number of thiophene rings is 1. The Bertz CT molecular complexity index is 892. The Morgan fingerprint density at radius 1 is 1.30 bits per heavy atom. The highest BCUT2D eigenvalue weighted by molar-refractivity contribution is 8.13. The van der Waals surface area contributed by atoms with Crippen molar-refractivity contribution in [1.29, 1.82) is 0 Å². The summed E-state index contributed by atoms with van der Waals surface area (Å²) in [4.78, 5) is 17.8. The lowest BCUT2D eigenvalue weighted by molar-refractivity contribution is 0.0644. The maximum Gasteiger partial charge on any atom is 0.269 e. The predicted molar refractivity (Wildman–Crippen MR) is 114 cm³/mol. The van der Waals surface area contributed by atoms with Gasteiger partial charge in [-0.3, -0.25) is 20.0 Å². The van der Waals surface area contributed by atoms with Crippen LogP contribution in [0.25, 0.3) is 0 Å². The first-order chi connectivity index (χ1) is 13.1. The highest BCUT2D eigenvalue weighted by atomic mass is 32.2. The first-order valence-corrected chi connectivity index (χ1v) is 11.2. The van der Waals surface area contributed by atoms with E-state index in [1.807, 2.05) is 16.3 Å². The van der Waals surface area contributed by atoms with Gasteiger partial charge in [0, 0.05) is 12.3 Å². The van der Waals surface area contributed by atoms with Gasteiger partial charge >= 0.3 is 0 Å². The molecule has 1 aromatic carbocycles. The molecule has 3 heterocycles. The molecule has 4 rings (SSSR count). The van der Waals surface area contributed by atoms with Crippen molar-refractivity contribution in [3.8, 4) is 0 Å². The Hall–Kier alpha value is -1.99. The quantitative estimate of drug-likeness (QED) is 0.802. The van der Waals surface area contributed by atoms with Crippen LogP contribution in [0.4, 0.5) is 5.69 Å². The van der Waals surface area contributed by atoms with Gasteiger partial charge in [-0.15, -0.1) is 11.3 Å². The largest absolute Gasteiger partial charge is 0.298 e. The summed E-state index contributed by atoms with van der Waals surface area (Å²) in [6.07, 6.45) is 1.83. The fraction of sp³-hybridized carbons (Fsp3) is 0.400. The number of carbonyl (C=O) groups excluding carboxylic acids is 1. The molecule has 1 unspecified atom stereocenters. The van der Waals surface area contributed by atoms with Gasteiger partial charge < -0.3 is 0 Å². The van der Waals surface area contributed by atoms with Crippen molar-refractivity contribution in [3.63, 3.8) is 0 Å². The van der Waals surface area contributed by atoms with Gasteiger partial charge in [-0.1, -0.05) is 48.9 Å². The lowest BCUT2D eigenvalue weighted by Crippen LogP contribution is -2.58. The predicted octanol–water partition coefficient (Wildman–Crippen LogP) is 4.52. The van der Waals surface area contributed by atoms with E-state index in [2.05, 4.69) is 54.4 Å². The molecule has 27 heavy (non-hydrogen) atoms. The molecule has 142 valence electrons. The average molecular weight is 401 g/mol. The molecule has 0 saturated heterocycles. The van der Waals surface area contributed by atoms with Gasteiger partial charge in [0.05, 0.1) is 5.69 Å². The molecule has 1 atom stereocenters. The number of hydrazone groups is 1. The molecule has 0 aliphatic carbocycles. The second-order valence-corrected chi connectivity index (χ2v) is 8.83. The van der Waals surface area contributed by atoms with E-state index < -0.39 is 0 Å². The highest BCUT2D eigenvalue weighted by Gasteiger charge is 2.43. The van der Waals surface area contributed by atoms with Crippen molar-refractivity contribution in [3.05, 3.63) is 51.2 Å². The maximum atomic E-state index is 12.9. The fourth-order valence-corrected chi connectivity index (χ4v) is 5.31. The molecular weight excluding hydrogens is 376 g/mol. The molecule has 5 nitrogen and oxygen atoms in total. The summed E-state index contributed by atoms with van der Waals surface area (Å²) in [5.74, 6) is 0.970. The number of aryl methyl sites for hydroxylation is 2. The van der Waals surface area contributed by atoms with Crippen LogP contribution in [0.3, 0.4) is 0 Å². The van der Waals surface area contributed by atoms with Crippen LogP contribution in [0.5, 0.6) is 0 Å². The van der Waals surface area contributed by atoms with Crippen LogP contribution >= 0.6 is 23.1 Å². The van der Waals surface area contributed by atoms with Crippen LogP contribution in [0.15, 0.2) is 34.7 Å². The standard InChI is InChI=1S/C20H24N4OS2/c1-4-5-9-23-18(25)17-16(8-10-26-17)24-19(23)21-22-20(24)27-12-15-11-13(2)6-7-14(15)3/h6-8,10-11,19,21H,4-5,9,12H2,1-3H3. The molecule has 0 radical (unpaired) electrons. The summed E-state index contributed by atoms with van der Waals surface area (Å²) >= 11 is 3.24. The molecular formula is C20H24N4OS2. The van der Waals surface area contributed by atoms with E-state index in [0.29, 0.717) is 0 Å². The fourth-order valence-electron chi connectivity index (χ4n) is 3.42. The topological polar surface area (TPSA) is 47.9 Å². The van der Waals surface area contributed by atoms with Crippen LogP contribution in [-0.4, -0.2) is 28.8 Å². The number of rotatable bonds is 5. The summed E-state index contributed by atoms with van der Waals surface area (Å²) in [7, 11) is 0. The number of amidine groups is 1. The minimum absolute atomic E-state index is 0.109. The van der Waals surface area contributed by atoms with Crippen LogP contribution in [0.2, 0.25) is 0 Å². The lowest BCUT2D eigenvalue weighted by atomic mass is 10.1. The van der Waals surface area contributed by atoms with E-state index >= 15 is 0 Å². The number of nitrogens with one attached hydrogen (secondary N) is 1. The number of thioether (sulfide) groups is 1. The first kappa shape index (κ1) is 18.4. The molecule has 0 spiro atoms. The van der Waals surface area contributed by atoms with Gasteiger partial charge in [0.15, 0.2) is 5.17 Å². The molecule has 2 aromatic rings. The number of benzene rings is 1. The Kier molecular flexibility index (Phi) is 5.14. The zero-order valence-corrected chi connectivity index (χ0v) is 17.5. The monoisotopic (exact) mass is 400 g/mol. The SMILES string of the molecule is CCCCN1C(=O)c2sccc2N2C(SCc3cc(C)ccc3C)=NNC12. The first-order valence-electron chi connectivity index (χ1n) is 9.30. The van der Waals surface area contributed by atoms with Gasteiger partial charge in [0.2, 0.25) is 6.29 Å². The minimum Gasteiger partial charge on any atom is -0.298 e. The molecule has 0 bridgehead atoms. The summed E-state index contributed by atoms with van der Waals surface area (Å²) < 4.78 is 0. The Morgan fingerprint density at radius 2 is 2.15 bits per heavy atom. The van der Waals surface area contributed by atoms with Gasteiger partial charge in [-0.2, -0.15) is 5.10 Å².